The van der Waals surface area contributed by atoms with Crippen molar-refractivity contribution >= 4 is 15.7 Å². The zero-order valence-electron chi connectivity index (χ0n) is 10.9. The Morgan fingerprint density at radius 3 is 2.74 bits per heavy atom. The molecule has 1 heterocycles. The zero-order valence-corrected chi connectivity index (χ0v) is 11.7. The summed E-state index contributed by atoms with van der Waals surface area (Å²) in [5.74, 6) is -1.10. The summed E-state index contributed by atoms with van der Waals surface area (Å²) in [6.45, 7) is 3.38. The number of rotatable bonds is 1. The maximum atomic E-state index is 13.9. The fourth-order valence-corrected chi connectivity index (χ4v) is 3.82. The van der Waals surface area contributed by atoms with Crippen LogP contribution in [-0.2, 0) is 9.84 Å². The van der Waals surface area contributed by atoms with Crippen molar-refractivity contribution in [2.75, 3.05) is 18.1 Å². The molecule has 0 N–H and O–H groups in total. The lowest BCUT2D eigenvalue weighted by Gasteiger charge is -2.33. The molecule has 2 rings (SSSR count). The highest BCUT2D eigenvalue weighted by molar-refractivity contribution is 7.91. The van der Waals surface area contributed by atoms with Gasteiger partial charge < -0.3 is 4.90 Å². The summed E-state index contributed by atoms with van der Waals surface area (Å²) < 4.78 is 36.9. The Morgan fingerprint density at radius 2 is 2.11 bits per heavy atom. The number of carbonyl (C=O) groups excluding carboxylic acids is 1. The molecule has 0 radical (unpaired) electrons. The molecule has 1 unspecified atom stereocenters. The number of carbonyl (C=O) groups is 1. The van der Waals surface area contributed by atoms with Crippen molar-refractivity contribution in [3.05, 3.63) is 35.1 Å². The summed E-state index contributed by atoms with van der Waals surface area (Å²) in [5.41, 5.74) is 0.411. The molecule has 19 heavy (non-hydrogen) atoms. The summed E-state index contributed by atoms with van der Waals surface area (Å²) in [6, 6.07) is 4.22. The SMILES string of the molecule is Cc1cccc(C(=O)N2CCS(=O)(=O)CC2C)c1F. The van der Waals surface area contributed by atoms with Crippen LogP contribution in [0.1, 0.15) is 22.8 Å². The number of benzene rings is 1. The summed E-state index contributed by atoms with van der Waals surface area (Å²) in [6.07, 6.45) is 0. The summed E-state index contributed by atoms with van der Waals surface area (Å²) in [5, 5.41) is 0. The predicted molar refractivity (Wildman–Crippen MR) is 70.3 cm³/mol. The van der Waals surface area contributed by atoms with E-state index in [0.717, 1.165) is 0 Å². The van der Waals surface area contributed by atoms with Crippen molar-refractivity contribution in [2.24, 2.45) is 0 Å². The quantitative estimate of drug-likeness (QED) is 0.783. The van der Waals surface area contributed by atoms with Crippen LogP contribution in [0.25, 0.3) is 0 Å². The third-order valence-electron chi connectivity index (χ3n) is 3.35. The van der Waals surface area contributed by atoms with E-state index < -0.39 is 27.6 Å². The van der Waals surface area contributed by atoms with Gasteiger partial charge in [0.15, 0.2) is 9.84 Å². The molecule has 1 atom stereocenters. The molecule has 0 bridgehead atoms. The van der Waals surface area contributed by atoms with Crippen LogP contribution in [0.3, 0.4) is 0 Å². The van der Waals surface area contributed by atoms with Crippen molar-refractivity contribution in [1.29, 1.82) is 0 Å². The standard InChI is InChI=1S/C13H16FNO3S/c1-9-4-3-5-11(12(9)14)13(16)15-6-7-19(17,18)8-10(15)2/h3-5,10H,6-8H2,1-2H3. The first-order valence-corrected chi connectivity index (χ1v) is 7.90. The number of nitrogens with zero attached hydrogens (tertiary/aromatic N) is 1. The lowest BCUT2D eigenvalue weighted by Crippen LogP contribution is -2.49. The average Bonchev–Trinajstić information content (AvgIpc) is 2.31. The van der Waals surface area contributed by atoms with Crippen LogP contribution in [0, 0.1) is 12.7 Å². The predicted octanol–water partition coefficient (Wildman–Crippen LogP) is 1.39. The highest BCUT2D eigenvalue weighted by Crippen LogP contribution is 2.19. The molecule has 1 aromatic carbocycles. The maximum absolute atomic E-state index is 13.9. The molecule has 0 spiro atoms. The minimum atomic E-state index is -3.09. The molecule has 1 aliphatic rings. The normalized spacial score (nSPS) is 22.3. The number of hydrogen-bond acceptors (Lipinski definition) is 3. The van der Waals surface area contributed by atoms with E-state index in [-0.39, 0.29) is 23.6 Å². The van der Waals surface area contributed by atoms with Gasteiger partial charge in [-0.15, -0.1) is 0 Å². The van der Waals surface area contributed by atoms with Crippen LogP contribution < -0.4 is 0 Å². The van der Waals surface area contributed by atoms with Gasteiger partial charge in [0.25, 0.3) is 5.91 Å². The van der Waals surface area contributed by atoms with Crippen LogP contribution in [0.4, 0.5) is 4.39 Å². The minimum absolute atomic E-state index is 0.00569. The summed E-state index contributed by atoms with van der Waals surface area (Å²) >= 11 is 0. The van der Waals surface area contributed by atoms with Gasteiger partial charge in [0.05, 0.1) is 17.1 Å². The van der Waals surface area contributed by atoms with E-state index in [4.69, 9.17) is 0 Å². The van der Waals surface area contributed by atoms with Crippen molar-refractivity contribution in [3.8, 4) is 0 Å². The van der Waals surface area contributed by atoms with Gasteiger partial charge in [-0.05, 0) is 25.5 Å². The number of sulfone groups is 1. The van der Waals surface area contributed by atoms with Gasteiger partial charge >= 0.3 is 0 Å². The Balaban J connectivity index is 2.28. The van der Waals surface area contributed by atoms with E-state index in [2.05, 4.69) is 0 Å². The first-order valence-electron chi connectivity index (χ1n) is 6.08. The van der Waals surface area contributed by atoms with Crippen molar-refractivity contribution < 1.29 is 17.6 Å². The molecule has 104 valence electrons. The molecular formula is C13H16FNO3S. The second-order valence-corrected chi connectivity index (χ2v) is 7.13. The molecule has 0 saturated carbocycles. The van der Waals surface area contributed by atoms with Gasteiger partial charge in [-0.2, -0.15) is 0 Å². The van der Waals surface area contributed by atoms with Gasteiger partial charge in [0.2, 0.25) is 0 Å². The Kier molecular flexibility index (Phi) is 3.62. The molecule has 1 amide bonds. The minimum Gasteiger partial charge on any atom is -0.334 e. The van der Waals surface area contributed by atoms with E-state index in [1.165, 1.54) is 11.0 Å². The van der Waals surface area contributed by atoms with E-state index in [1.54, 1.807) is 26.0 Å². The van der Waals surface area contributed by atoms with Crippen molar-refractivity contribution in [2.45, 2.75) is 19.9 Å². The maximum Gasteiger partial charge on any atom is 0.257 e. The number of amides is 1. The Hall–Kier alpha value is -1.43. The van der Waals surface area contributed by atoms with Crippen molar-refractivity contribution in [3.63, 3.8) is 0 Å². The first-order chi connectivity index (χ1) is 8.82. The molecular weight excluding hydrogens is 269 g/mol. The molecule has 1 aliphatic heterocycles. The largest absolute Gasteiger partial charge is 0.334 e. The fourth-order valence-electron chi connectivity index (χ4n) is 2.27. The van der Waals surface area contributed by atoms with Crippen LogP contribution in [-0.4, -0.2) is 43.3 Å². The van der Waals surface area contributed by atoms with E-state index >= 15 is 0 Å². The topological polar surface area (TPSA) is 54.5 Å². The first kappa shape index (κ1) is 14.0. The van der Waals surface area contributed by atoms with Gasteiger partial charge in [-0.1, -0.05) is 12.1 Å². The Morgan fingerprint density at radius 1 is 1.42 bits per heavy atom. The molecule has 1 saturated heterocycles. The van der Waals surface area contributed by atoms with Crippen LogP contribution in [0.15, 0.2) is 18.2 Å². The highest BCUT2D eigenvalue weighted by Gasteiger charge is 2.32. The molecule has 1 fully saturated rings. The second kappa shape index (κ2) is 4.92. The Bertz CT molecular complexity index is 612. The summed E-state index contributed by atoms with van der Waals surface area (Å²) in [4.78, 5) is 13.7. The Labute approximate surface area is 112 Å². The van der Waals surface area contributed by atoms with Gasteiger partial charge in [-0.25, -0.2) is 12.8 Å². The van der Waals surface area contributed by atoms with Crippen LogP contribution in [0.2, 0.25) is 0 Å². The van der Waals surface area contributed by atoms with E-state index in [9.17, 15) is 17.6 Å². The van der Waals surface area contributed by atoms with Gasteiger partial charge in [0, 0.05) is 12.6 Å². The molecule has 4 nitrogen and oxygen atoms in total. The van der Waals surface area contributed by atoms with Crippen LogP contribution >= 0.6 is 0 Å². The van der Waals surface area contributed by atoms with Crippen LogP contribution in [0.5, 0.6) is 0 Å². The fraction of sp³-hybridized carbons (Fsp3) is 0.462. The molecule has 6 heteroatoms. The summed E-state index contributed by atoms with van der Waals surface area (Å²) in [7, 11) is -3.09. The van der Waals surface area contributed by atoms with Gasteiger partial charge in [0.1, 0.15) is 5.82 Å². The average molecular weight is 285 g/mol. The lowest BCUT2D eigenvalue weighted by atomic mass is 10.1. The highest BCUT2D eigenvalue weighted by atomic mass is 32.2. The zero-order chi connectivity index (χ0) is 14.2. The third-order valence-corrected chi connectivity index (χ3v) is 5.15. The van der Waals surface area contributed by atoms with Crippen molar-refractivity contribution in [1.82, 2.24) is 4.90 Å². The second-order valence-electron chi connectivity index (χ2n) is 4.90. The smallest absolute Gasteiger partial charge is 0.257 e. The van der Waals surface area contributed by atoms with Gasteiger partial charge in [-0.3, -0.25) is 4.79 Å². The lowest BCUT2D eigenvalue weighted by molar-refractivity contribution is 0.0707. The van der Waals surface area contributed by atoms with E-state index in [0.29, 0.717) is 5.56 Å². The third kappa shape index (κ3) is 2.78. The molecule has 1 aromatic rings. The molecule has 0 aromatic heterocycles. The van der Waals surface area contributed by atoms with E-state index in [1.807, 2.05) is 0 Å². The number of aryl methyl sites for hydroxylation is 1. The molecule has 0 aliphatic carbocycles. The number of halogens is 1. The number of hydrogen-bond donors (Lipinski definition) is 0. The monoisotopic (exact) mass is 285 g/mol.